The van der Waals surface area contributed by atoms with Crippen LogP contribution >= 0.6 is 0 Å². The summed E-state index contributed by atoms with van der Waals surface area (Å²) in [5, 5.41) is 24.0. The van der Waals surface area contributed by atoms with Crippen LogP contribution in [0.4, 0.5) is 10.1 Å². The van der Waals surface area contributed by atoms with E-state index < -0.39 is 5.56 Å². The zero-order valence-electron chi connectivity index (χ0n) is 24.0. The van der Waals surface area contributed by atoms with Gasteiger partial charge in [0.15, 0.2) is 0 Å². The normalized spacial score (nSPS) is 18.7. The highest BCUT2D eigenvalue weighted by Gasteiger charge is 2.38. The summed E-state index contributed by atoms with van der Waals surface area (Å²) >= 11 is 0. The molecule has 1 fully saturated rings. The molecule has 5 rings (SSSR count). The van der Waals surface area contributed by atoms with Crippen LogP contribution in [-0.2, 0) is 12.5 Å². The van der Waals surface area contributed by atoms with E-state index in [4.69, 9.17) is 4.52 Å². The van der Waals surface area contributed by atoms with Crippen molar-refractivity contribution in [3.8, 4) is 12.1 Å². The molecule has 10 heteroatoms. The Balaban J connectivity index is 1.60. The van der Waals surface area contributed by atoms with Gasteiger partial charge in [0.1, 0.15) is 46.2 Å². The summed E-state index contributed by atoms with van der Waals surface area (Å²) in [6.45, 7) is 11.3. The van der Waals surface area contributed by atoms with Crippen LogP contribution in [0.15, 0.2) is 51.8 Å². The van der Waals surface area contributed by atoms with E-state index in [0.717, 1.165) is 17.0 Å². The molecular weight excluding hydrogens is 521 g/mol. The number of rotatable bonds is 4. The van der Waals surface area contributed by atoms with Gasteiger partial charge in [-0.15, -0.1) is 0 Å². The molecule has 41 heavy (non-hydrogen) atoms. The van der Waals surface area contributed by atoms with Crippen LogP contribution in [0.25, 0.3) is 11.0 Å². The van der Waals surface area contributed by atoms with E-state index in [2.05, 4.69) is 54.9 Å². The zero-order valence-corrected chi connectivity index (χ0v) is 24.0. The number of anilines is 1. The SMILES string of the molecule is C[C@@H]1CN(c2c(C#N)c(=O)n(C)c3ccc(C#N)nc23)[C@@H](C)CN1C(c1ccc(F)cc1)c1cc(C(C)(C)C)on1. The van der Waals surface area contributed by atoms with Crippen molar-refractivity contribution in [1.82, 2.24) is 19.6 Å². The van der Waals surface area contributed by atoms with Gasteiger partial charge in [-0.25, -0.2) is 9.37 Å². The van der Waals surface area contributed by atoms with E-state index in [1.165, 1.54) is 16.7 Å². The molecule has 4 aromatic rings. The summed E-state index contributed by atoms with van der Waals surface area (Å²) < 4.78 is 21.1. The number of hydrogen-bond donors (Lipinski definition) is 0. The summed E-state index contributed by atoms with van der Waals surface area (Å²) in [5.41, 5.74) is 2.59. The fraction of sp³-hybridized carbons (Fsp3) is 0.387. The molecule has 3 aromatic heterocycles. The average molecular weight is 554 g/mol. The Morgan fingerprint density at radius 3 is 2.37 bits per heavy atom. The zero-order chi connectivity index (χ0) is 29.6. The second-order valence-electron chi connectivity index (χ2n) is 11.7. The molecule has 1 saturated heterocycles. The molecule has 0 N–H and O–H groups in total. The van der Waals surface area contributed by atoms with Crippen molar-refractivity contribution in [3.05, 3.63) is 86.9 Å². The summed E-state index contributed by atoms with van der Waals surface area (Å²) in [5.74, 6) is 0.434. The monoisotopic (exact) mass is 553 g/mol. The first kappa shape index (κ1) is 28.0. The minimum Gasteiger partial charge on any atom is -0.363 e. The van der Waals surface area contributed by atoms with Gasteiger partial charge in [0.25, 0.3) is 5.56 Å². The van der Waals surface area contributed by atoms with Crippen LogP contribution in [-0.4, -0.2) is 44.8 Å². The Morgan fingerprint density at radius 2 is 1.76 bits per heavy atom. The van der Waals surface area contributed by atoms with Crippen molar-refractivity contribution in [2.24, 2.45) is 7.05 Å². The minimum atomic E-state index is -0.412. The van der Waals surface area contributed by atoms with E-state index >= 15 is 0 Å². The number of nitrogens with zero attached hydrogens (tertiary/aromatic N) is 7. The van der Waals surface area contributed by atoms with Gasteiger partial charge in [-0.1, -0.05) is 38.1 Å². The summed E-state index contributed by atoms with van der Waals surface area (Å²) in [6.07, 6.45) is 0. The molecule has 1 unspecified atom stereocenters. The number of halogens is 1. The maximum Gasteiger partial charge on any atom is 0.270 e. The van der Waals surface area contributed by atoms with Gasteiger partial charge in [-0.3, -0.25) is 9.69 Å². The van der Waals surface area contributed by atoms with Gasteiger partial charge < -0.3 is 14.0 Å². The summed E-state index contributed by atoms with van der Waals surface area (Å²) in [7, 11) is 1.60. The Labute approximate surface area is 238 Å². The maximum absolute atomic E-state index is 13.9. The third-order valence-electron chi connectivity index (χ3n) is 7.83. The van der Waals surface area contributed by atoms with Crippen molar-refractivity contribution in [1.29, 1.82) is 10.5 Å². The van der Waals surface area contributed by atoms with E-state index in [1.807, 2.05) is 17.9 Å². The maximum atomic E-state index is 13.9. The molecule has 0 spiro atoms. The lowest BCUT2D eigenvalue weighted by Crippen LogP contribution is -2.58. The quantitative estimate of drug-likeness (QED) is 0.354. The Morgan fingerprint density at radius 1 is 1.05 bits per heavy atom. The largest absolute Gasteiger partial charge is 0.363 e. The highest BCUT2D eigenvalue weighted by molar-refractivity contribution is 5.92. The molecule has 0 amide bonds. The minimum absolute atomic E-state index is 0.00325. The fourth-order valence-electron chi connectivity index (χ4n) is 5.61. The van der Waals surface area contributed by atoms with Gasteiger partial charge in [0.05, 0.1) is 17.2 Å². The second kappa shape index (κ2) is 10.5. The summed E-state index contributed by atoms with van der Waals surface area (Å²) in [6, 6.07) is 15.3. The molecule has 0 bridgehead atoms. The van der Waals surface area contributed by atoms with Crippen molar-refractivity contribution in [3.63, 3.8) is 0 Å². The number of aromatic nitrogens is 3. The summed E-state index contributed by atoms with van der Waals surface area (Å²) in [4.78, 5) is 22.1. The first-order chi connectivity index (χ1) is 19.4. The van der Waals surface area contributed by atoms with Crippen LogP contribution < -0.4 is 10.5 Å². The number of nitriles is 2. The lowest BCUT2D eigenvalue weighted by molar-refractivity contribution is 0.125. The van der Waals surface area contributed by atoms with Crippen LogP contribution in [0, 0.1) is 28.5 Å². The third kappa shape index (κ3) is 4.96. The van der Waals surface area contributed by atoms with Gasteiger partial charge >= 0.3 is 0 Å². The Hall–Kier alpha value is -4.54. The van der Waals surface area contributed by atoms with Crippen LogP contribution in [0.2, 0.25) is 0 Å². The molecule has 0 radical (unpaired) electrons. The van der Waals surface area contributed by atoms with E-state index in [0.29, 0.717) is 29.8 Å². The van der Waals surface area contributed by atoms with Crippen molar-refractivity contribution < 1.29 is 8.91 Å². The lowest BCUT2D eigenvalue weighted by Gasteiger charge is -2.48. The predicted octanol–water partition coefficient (Wildman–Crippen LogP) is 4.79. The molecule has 4 heterocycles. The molecule has 0 aliphatic carbocycles. The standard InChI is InChI=1S/C31H32FN7O2/c1-18-17-39(29-23(15-34)30(40)37(6)25-12-11-22(14-33)35-27(25)29)19(2)16-38(18)28(20-7-9-21(32)10-8-20)24-13-26(41-36-24)31(3,4)5/h7-13,18-19,28H,16-17H2,1-6H3/t18-,19+,28?/m1/s1. The van der Waals surface area contributed by atoms with Crippen molar-refractivity contribution >= 4 is 16.7 Å². The number of aryl methyl sites for hydroxylation is 1. The number of pyridine rings is 2. The Kier molecular flexibility index (Phi) is 7.14. The number of hydrogen-bond acceptors (Lipinski definition) is 8. The number of fused-ring (bicyclic) bond motifs is 1. The highest BCUT2D eigenvalue weighted by atomic mass is 19.1. The smallest absolute Gasteiger partial charge is 0.270 e. The number of benzene rings is 1. The molecule has 9 nitrogen and oxygen atoms in total. The van der Waals surface area contributed by atoms with Crippen LogP contribution in [0.3, 0.4) is 0 Å². The predicted molar refractivity (Wildman–Crippen MR) is 153 cm³/mol. The second-order valence-corrected chi connectivity index (χ2v) is 11.7. The molecule has 1 aromatic carbocycles. The first-order valence-electron chi connectivity index (χ1n) is 13.5. The molecule has 0 saturated carbocycles. The van der Waals surface area contributed by atoms with E-state index in [9.17, 15) is 19.7 Å². The highest BCUT2D eigenvalue weighted by Crippen LogP contribution is 2.38. The Bertz CT molecular complexity index is 1760. The van der Waals surface area contributed by atoms with Crippen LogP contribution in [0.1, 0.15) is 68.9 Å². The number of piperazine rings is 1. The van der Waals surface area contributed by atoms with Gasteiger partial charge in [0, 0.05) is 43.7 Å². The fourth-order valence-corrected chi connectivity index (χ4v) is 5.61. The first-order valence-corrected chi connectivity index (χ1v) is 13.5. The molecule has 210 valence electrons. The van der Waals surface area contributed by atoms with Crippen molar-refractivity contribution in [2.75, 3.05) is 18.0 Å². The van der Waals surface area contributed by atoms with E-state index in [-0.39, 0.29) is 40.6 Å². The van der Waals surface area contributed by atoms with Gasteiger partial charge in [-0.2, -0.15) is 10.5 Å². The van der Waals surface area contributed by atoms with Crippen LogP contribution in [0.5, 0.6) is 0 Å². The molecule has 1 aliphatic rings. The van der Waals surface area contributed by atoms with E-state index in [1.54, 1.807) is 31.3 Å². The third-order valence-corrected chi connectivity index (χ3v) is 7.83. The van der Waals surface area contributed by atoms with Gasteiger partial charge in [0.2, 0.25) is 0 Å². The molecule has 1 aliphatic heterocycles. The van der Waals surface area contributed by atoms with Crippen molar-refractivity contribution in [2.45, 2.75) is 58.2 Å². The average Bonchev–Trinajstić information content (AvgIpc) is 3.44. The lowest BCUT2D eigenvalue weighted by atomic mass is 9.91. The molecule has 3 atom stereocenters. The topological polar surface area (TPSA) is 115 Å². The molecular formula is C31H32FN7O2. The van der Waals surface area contributed by atoms with Gasteiger partial charge in [-0.05, 0) is 43.7 Å².